The van der Waals surface area contributed by atoms with Crippen LogP contribution in [-0.2, 0) is 0 Å². The van der Waals surface area contributed by atoms with Crippen molar-refractivity contribution in [2.45, 2.75) is 19.0 Å². The van der Waals surface area contributed by atoms with Crippen molar-refractivity contribution in [2.75, 3.05) is 53.7 Å². The summed E-state index contributed by atoms with van der Waals surface area (Å²) < 4.78 is 6.16. The van der Waals surface area contributed by atoms with Gasteiger partial charge in [-0.25, -0.2) is 0 Å². The van der Waals surface area contributed by atoms with Crippen LogP contribution in [0.3, 0.4) is 0 Å². The topological polar surface area (TPSA) is 26.1 Å². The largest absolute Gasteiger partial charge is 0.461 e. The van der Waals surface area contributed by atoms with Crippen molar-refractivity contribution < 1.29 is 4.42 Å². The van der Waals surface area contributed by atoms with Gasteiger partial charge in [0.25, 0.3) is 0 Å². The monoisotopic (exact) mass is 436 g/mol. The molecule has 0 radical (unpaired) electrons. The van der Waals surface area contributed by atoms with E-state index >= 15 is 0 Å². The van der Waals surface area contributed by atoms with E-state index in [2.05, 4.69) is 90.3 Å². The van der Waals surface area contributed by atoms with Gasteiger partial charge >= 0.3 is 0 Å². The summed E-state index contributed by atoms with van der Waals surface area (Å²) in [6, 6.07) is 15.9. The van der Waals surface area contributed by atoms with Crippen LogP contribution < -0.4 is 0 Å². The van der Waals surface area contributed by atoms with Crippen LogP contribution in [0.2, 0.25) is 0 Å². The number of hydrogen-bond donors (Lipinski definition) is 0. The van der Waals surface area contributed by atoms with Crippen LogP contribution in [0.5, 0.6) is 0 Å². The zero-order chi connectivity index (χ0) is 21.7. The first-order valence-corrected chi connectivity index (χ1v) is 12.0. The van der Waals surface area contributed by atoms with Gasteiger partial charge in [-0.15, -0.1) is 11.8 Å². The van der Waals surface area contributed by atoms with Crippen LogP contribution in [0.4, 0.5) is 0 Å². The number of furan rings is 1. The normalized spacial score (nSPS) is 24.3. The van der Waals surface area contributed by atoms with Gasteiger partial charge in [0, 0.05) is 25.9 Å². The summed E-state index contributed by atoms with van der Waals surface area (Å²) in [5.41, 5.74) is 5.63. The van der Waals surface area contributed by atoms with Crippen molar-refractivity contribution in [1.82, 2.24) is 19.6 Å². The number of likely N-dealkylation sites (N-methyl/N-ethyl adjacent to an activating group) is 3. The lowest BCUT2D eigenvalue weighted by Gasteiger charge is -2.42. The first-order valence-electron chi connectivity index (χ1n) is 11.0. The lowest BCUT2D eigenvalue weighted by atomic mass is 9.97. The highest BCUT2D eigenvalue weighted by atomic mass is 32.2. The Balaban J connectivity index is 1.74. The Labute approximate surface area is 190 Å². The van der Waals surface area contributed by atoms with Crippen molar-refractivity contribution in [3.05, 3.63) is 76.5 Å². The van der Waals surface area contributed by atoms with Gasteiger partial charge in [0.05, 0.1) is 35.1 Å². The Hall–Kier alpha value is -2.15. The lowest BCUT2D eigenvalue weighted by Crippen LogP contribution is -2.45. The summed E-state index contributed by atoms with van der Waals surface area (Å²) in [5.74, 6) is 3.02. The number of thioether (sulfide) groups is 1. The predicted molar refractivity (Wildman–Crippen MR) is 128 cm³/mol. The van der Waals surface area contributed by atoms with E-state index in [0.717, 1.165) is 37.0 Å². The van der Waals surface area contributed by atoms with E-state index in [0.29, 0.717) is 6.04 Å². The van der Waals surface area contributed by atoms with Crippen LogP contribution in [0.1, 0.15) is 23.1 Å². The van der Waals surface area contributed by atoms with Crippen molar-refractivity contribution in [3.8, 4) is 0 Å². The zero-order valence-corrected chi connectivity index (χ0v) is 19.9. The van der Waals surface area contributed by atoms with Gasteiger partial charge in [-0.3, -0.25) is 4.90 Å². The first kappa shape index (κ1) is 20.7. The molecule has 0 saturated heterocycles. The second-order valence-electron chi connectivity index (χ2n) is 9.26. The molecule has 2 unspecified atom stereocenters. The molecule has 3 aliphatic heterocycles. The molecule has 4 heterocycles. The van der Waals surface area contributed by atoms with Crippen LogP contribution in [0, 0.1) is 6.92 Å². The van der Waals surface area contributed by atoms with Crippen LogP contribution in [-0.4, -0.2) is 79.3 Å². The van der Waals surface area contributed by atoms with Gasteiger partial charge in [-0.05, 0) is 51.3 Å². The third-order valence-corrected chi connectivity index (χ3v) is 7.59. The SMILES string of the molecule is Cc1ccc(C2=C3C4=C(CN(C)CN4C)C(c4ccccc4)N3C(CN(C)C)CS2)o1. The van der Waals surface area contributed by atoms with E-state index in [1.807, 2.05) is 18.7 Å². The highest BCUT2D eigenvalue weighted by Crippen LogP contribution is 2.54. The van der Waals surface area contributed by atoms with Gasteiger partial charge in [0.2, 0.25) is 0 Å². The molecule has 2 aromatic rings. The Kier molecular flexibility index (Phi) is 5.40. The fourth-order valence-corrected chi connectivity index (χ4v) is 6.53. The van der Waals surface area contributed by atoms with Gasteiger partial charge in [-0.2, -0.15) is 0 Å². The quantitative estimate of drug-likeness (QED) is 0.717. The number of benzene rings is 1. The number of hydrogen-bond acceptors (Lipinski definition) is 6. The molecule has 0 amide bonds. The third-order valence-electron chi connectivity index (χ3n) is 6.35. The van der Waals surface area contributed by atoms with E-state index in [-0.39, 0.29) is 6.04 Å². The summed E-state index contributed by atoms with van der Waals surface area (Å²) in [6.45, 7) is 4.99. The van der Waals surface area contributed by atoms with Crippen LogP contribution >= 0.6 is 11.8 Å². The summed E-state index contributed by atoms with van der Waals surface area (Å²) >= 11 is 1.96. The van der Waals surface area contributed by atoms with Crippen molar-refractivity contribution in [2.24, 2.45) is 0 Å². The number of rotatable bonds is 4. The maximum Gasteiger partial charge on any atom is 0.142 e. The minimum Gasteiger partial charge on any atom is -0.461 e. The highest BCUT2D eigenvalue weighted by Gasteiger charge is 2.47. The van der Waals surface area contributed by atoms with Crippen molar-refractivity contribution in [3.63, 3.8) is 0 Å². The molecule has 1 aromatic heterocycles. The molecular weight excluding hydrogens is 404 g/mol. The number of fused-ring (bicyclic) bond motifs is 2. The molecule has 0 bridgehead atoms. The van der Waals surface area contributed by atoms with E-state index < -0.39 is 0 Å². The molecule has 0 saturated carbocycles. The van der Waals surface area contributed by atoms with Crippen molar-refractivity contribution in [1.29, 1.82) is 0 Å². The average molecular weight is 437 g/mol. The lowest BCUT2D eigenvalue weighted by molar-refractivity contribution is 0.195. The molecule has 1 aromatic carbocycles. The van der Waals surface area contributed by atoms with Gasteiger partial charge in [0.1, 0.15) is 11.5 Å². The van der Waals surface area contributed by atoms with E-state index in [1.54, 1.807) is 0 Å². The third kappa shape index (κ3) is 3.60. The minimum atomic E-state index is 0.258. The molecule has 0 spiro atoms. The predicted octanol–water partition coefficient (Wildman–Crippen LogP) is 4.08. The van der Waals surface area contributed by atoms with E-state index in [9.17, 15) is 0 Å². The fourth-order valence-electron chi connectivity index (χ4n) is 5.31. The Morgan fingerprint density at radius 3 is 2.52 bits per heavy atom. The number of aryl methyl sites for hydroxylation is 1. The van der Waals surface area contributed by atoms with Crippen molar-refractivity contribution >= 4 is 16.7 Å². The zero-order valence-electron chi connectivity index (χ0n) is 19.1. The molecule has 6 heteroatoms. The van der Waals surface area contributed by atoms with Crippen LogP contribution in [0.25, 0.3) is 4.91 Å². The van der Waals surface area contributed by atoms with Gasteiger partial charge in [0.15, 0.2) is 0 Å². The van der Waals surface area contributed by atoms with Gasteiger partial charge < -0.3 is 19.1 Å². The molecule has 3 aliphatic rings. The Morgan fingerprint density at radius 2 is 1.84 bits per heavy atom. The standard InChI is InChI=1S/C25H32N4OS/c1-17-11-12-21(30-17)25-24-23-20(14-27(4)16-28(23)5)22(18-9-7-6-8-10-18)29(24)19(15-31-25)13-26(2)3/h6-12,19,22H,13-16H2,1-5H3. The Morgan fingerprint density at radius 1 is 1.06 bits per heavy atom. The fraction of sp³-hybridized carbons (Fsp3) is 0.440. The Bertz CT molecular complexity index is 1030. The molecule has 164 valence electrons. The maximum atomic E-state index is 6.16. The highest BCUT2D eigenvalue weighted by molar-refractivity contribution is 8.08. The van der Waals surface area contributed by atoms with E-state index in [1.165, 1.54) is 27.4 Å². The van der Waals surface area contributed by atoms with Gasteiger partial charge in [-0.1, -0.05) is 30.3 Å². The molecule has 5 rings (SSSR count). The summed E-state index contributed by atoms with van der Waals surface area (Å²) in [7, 11) is 8.81. The molecule has 5 nitrogen and oxygen atoms in total. The smallest absolute Gasteiger partial charge is 0.142 e. The second-order valence-corrected chi connectivity index (χ2v) is 10.3. The van der Waals surface area contributed by atoms with Crippen LogP contribution in [0.15, 0.2) is 63.8 Å². The molecule has 0 aliphatic carbocycles. The average Bonchev–Trinajstić information content (AvgIpc) is 3.30. The molecule has 0 N–H and O–H groups in total. The number of nitrogens with zero attached hydrogens (tertiary/aromatic N) is 4. The van der Waals surface area contributed by atoms with E-state index in [4.69, 9.17) is 4.42 Å². The molecular formula is C25H32N4OS. The first-order chi connectivity index (χ1) is 14.9. The molecule has 0 fully saturated rings. The summed E-state index contributed by atoms with van der Waals surface area (Å²) in [4.78, 5) is 11.2. The summed E-state index contributed by atoms with van der Waals surface area (Å²) in [5, 5.41) is 0. The summed E-state index contributed by atoms with van der Waals surface area (Å²) in [6.07, 6.45) is 0. The molecule has 2 atom stereocenters. The second kappa shape index (κ2) is 8.08. The minimum absolute atomic E-state index is 0.258. The molecule has 31 heavy (non-hydrogen) atoms. The maximum absolute atomic E-state index is 6.16.